The average molecular weight is 785 g/mol. The second kappa shape index (κ2) is 26.8. The van der Waals surface area contributed by atoms with Crippen molar-refractivity contribution in [3.8, 4) is 0 Å². The first-order chi connectivity index (χ1) is 18.4. The van der Waals surface area contributed by atoms with Gasteiger partial charge in [-0.1, -0.05) is 72.8 Å². The van der Waals surface area contributed by atoms with Crippen molar-refractivity contribution in [3.63, 3.8) is 0 Å². The van der Waals surface area contributed by atoms with Crippen LogP contribution < -0.4 is 206 Å². The van der Waals surface area contributed by atoms with Crippen molar-refractivity contribution in [2.45, 2.75) is 19.6 Å². The first-order valence-corrected chi connectivity index (χ1v) is 16.1. The molecule has 4 rings (SSSR count). The maximum Gasteiger partial charge on any atom is 1.00 e. The van der Waals surface area contributed by atoms with E-state index in [4.69, 9.17) is 0 Å². The smallest absolute Gasteiger partial charge is 0.744 e. The van der Waals surface area contributed by atoms with E-state index in [1.54, 1.807) is 24.3 Å². The van der Waals surface area contributed by atoms with Crippen LogP contribution in [0, 0.1) is 0 Å². The minimum atomic E-state index is -4.25. The van der Waals surface area contributed by atoms with Crippen LogP contribution >= 0.6 is 0 Å². The molecule has 0 saturated carbocycles. The van der Waals surface area contributed by atoms with Crippen LogP contribution in [-0.4, -0.2) is 51.9 Å². The summed E-state index contributed by atoms with van der Waals surface area (Å²) >= 11 is 0. The zero-order chi connectivity index (χ0) is 30.5. The second-order valence-electron chi connectivity index (χ2n) is 7.07. The number of hydrogen-bond acceptors (Lipinski definition) is 12. The van der Waals surface area contributed by atoms with Crippen LogP contribution in [0.15, 0.2) is 141 Å². The van der Waals surface area contributed by atoms with Crippen molar-refractivity contribution >= 4 is 40.5 Å². The van der Waals surface area contributed by atoms with Crippen LogP contribution in [-0.2, 0) is 40.5 Å². The molecule has 12 nitrogen and oxygen atoms in total. The van der Waals surface area contributed by atoms with E-state index in [0.717, 1.165) is 0 Å². The Labute approximate surface area is 428 Å². The third-order valence-electron chi connectivity index (χ3n) is 4.13. The Morgan fingerprint density at radius 3 is 0.455 bits per heavy atom. The quantitative estimate of drug-likeness (QED) is 0.139. The Hall–Kier alpha value is 3.07. The van der Waals surface area contributed by atoms with Crippen molar-refractivity contribution in [3.05, 3.63) is 121 Å². The van der Waals surface area contributed by atoms with Gasteiger partial charge in [-0.2, -0.15) is 0 Å². The third kappa shape index (κ3) is 25.1. The van der Waals surface area contributed by atoms with Gasteiger partial charge in [0, 0.05) is 0 Å². The summed E-state index contributed by atoms with van der Waals surface area (Å²) in [6.07, 6.45) is 0. The predicted octanol–water partition coefficient (Wildman–Crippen LogP) is -9.62. The number of benzene rings is 4. The van der Waals surface area contributed by atoms with Gasteiger partial charge in [0.2, 0.25) is 0 Å². The van der Waals surface area contributed by atoms with E-state index >= 15 is 0 Å². The summed E-state index contributed by atoms with van der Waals surface area (Å²) < 4.78 is 123. The van der Waals surface area contributed by atoms with Crippen LogP contribution in [0.1, 0.15) is 0 Å². The van der Waals surface area contributed by atoms with Crippen molar-refractivity contribution in [2.75, 3.05) is 0 Å². The van der Waals surface area contributed by atoms with Crippen molar-refractivity contribution in [1.29, 1.82) is 0 Å². The molecule has 0 aliphatic carbocycles. The van der Waals surface area contributed by atoms with Crippen molar-refractivity contribution in [1.82, 2.24) is 0 Å². The first kappa shape index (κ1) is 53.9. The average Bonchev–Trinajstić information content (AvgIpc) is 2.90. The van der Waals surface area contributed by atoms with Gasteiger partial charge >= 0.3 is 206 Å². The zero-order valence-corrected chi connectivity index (χ0v) is 39.8. The van der Waals surface area contributed by atoms with Gasteiger partial charge < -0.3 is 18.2 Å². The Morgan fingerprint density at radius 1 is 0.273 bits per heavy atom. The van der Waals surface area contributed by atoms with Crippen molar-refractivity contribution in [2.24, 2.45) is 0 Å². The van der Waals surface area contributed by atoms with E-state index in [9.17, 15) is 51.9 Å². The topological polar surface area (TPSA) is 229 Å². The Bertz CT molecular complexity index is 1490. The molecule has 0 spiro atoms. The minimum Gasteiger partial charge on any atom is -0.744 e. The summed E-state index contributed by atoms with van der Waals surface area (Å²) in [4.78, 5) is -0.741. The fourth-order valence-electron chi connectivity index (χ4n) is 2.35. The third-order valence-corrected chi connectivity index (χ3v) is 7.53. The van der Waals surface area contributed by atoms with Gasteiger partial charge in [0.1, 0.15) is 40.5 Å². The summed E-state index contributed by atoms with van der Waals surface area (Å²) in [6.45, 7) is 0. The summed E-state index contributed by atoms with van der Waals surface area (Å²) in [5, 5.41) is 0. The second-order valence-corrected chi connectivity index (χ2v) is 12.6. The molecule has 20 heteroatoms. The van der Waals surface area contributed by atoms with E-state index in [-0.39, 0.29) is 225 Å². The summed E-state index contributed by atoms with van der Waals surface area (Å²) in [7, 11) is -17.0. The molecule has 0 heterocycles. The molecule has 0 atom stereocenters. The molecular weight excluding hydrogens is 765 g/mol. The van der Waals surface area contributed by atoms with Crippen LogP contribution in [0.2, 0.25) is 0 Å². The normalized spacial score (nSPS) is 10.3. The van der Waals surface area contributed by atoms with E-state index in [1.807, 2.05) is 0 Å². The fourth-order valence-corrected chi connectivity index (χ4v) is 4.31. The Balaban J connectivity index is -0.000000235. The van der Waals surface area contributed by atoms with Gasteiger partial charge in [0.25, 0.3) is 0 Å². The van der Waals surface area contributed by atoms with E-state index in [0.29, 0.717) is 0 Å². The standard InChI is InChI=1S/4C6H6O3S.4K/c4*7-10(8,9)6-4-2-1-3-5-6;;;;/h4*1-5H,(H,7,8,9);;;;/q;;;;4*+1/p-4. The predicted molar refractivity (Wildman–Crippen MR) is 138 cm³/mol. The zero-order valence-electron chi connectivity index (χ0n) is 24.1. The van der Waals surface area contributed by atoms with Crippen LogP contribution in [0.5, 0.6) is 0 Å². The van der Waals surface area contributed by atoms with Gasteiger partial charge in [-0.25, -0.2) is 33.7 Å². The monoisotopic (exact) mass is 784 g/mol. The van der Waals surface area contributed by atoms with Gasteiger partial charge in [0.05, 0.1) is 19.6 Å². The summed E-state index contributed by atoms with van der Waals surface area (Å²) in [6, 6.07) is 28.8. The molecule has 0 aliphatic heterocycles. The maximum atomic E-state index is 10.3. The van der Waals surface area contributed by atoms with Gasteiger partial charge in [0.15, 0.2) is 0 Å². The van der Waals surface area contributed by atoms with Gasteiger partial charge in [-0.15, -0.1) is 0 Å². The minimum absolute atomic E-state index is 0. The number of rotatable bonds is 4. The fraction of sp³-hybridized carbons (Fsp3) is 0. The van der Waals surface area contributed by atoms with Crippen LogP contribution in [0.4, 0.5) is 0 Å². The molecule has 4 aromatic rings. The Kier molecular flexibility index (Phi) is 32.8. The van der Waals surface area contributed by atoms with E-state index in [1.165, 1.54) is 97.1 Å². The molecule has 0 aliphatic rings. The molecule has 0 radical (unpaired) electrons. The number of hydrogen-bond donors (Lipinski definition) is 0. The molecule has 4 aromatic carbocycles. The molecule has 0 N–H and O–H groups in total. The molecule has 0 fully saturated rings. The molecule has 44 heavy (non-hydrogen) atoms. The van der Waals surface area contributed by atoms with Crippen LogP contribution in [0.25, 0.3) is 0 Å². The molecule has 0 amide bonds. The van der Waals surface area contributed by atoms with Crippen molar-refractivity contribution < 1.29 is 257 Å². The summed E-state index contributed by atoms with van der Waals surface area (Å²) in [5.41, 5.74) is 0. The van der Waals surface area contributed by atoms with E-state index < -0.39 is 40.5 Å². The molecular formula is C24H20K4O12S4. The van der Waals surface area contributed by atoms with Crippen LogP contribution in [0.3, 0.4) is 0 Å². The van der Waals surface area contributed by atoms with Gasteiger partial charge in [-0.3, -0.25) is 0 Å². The molecule has 0 aromatic heterocycles. The molecule has 0 bridgehead atoms. The Morgan fingerprint density at radius 2 is 0.386 bits per heavy atom. The SMILES string of the molecule is O=S(=O)([O-])c1ccccc1.O=S(=O)([O-])c1ccccc1.O=S(=O)([O-])c1ccccc1.O=S(=O)([O-])c1ccccc1.[K+].[K+].[K+].[K+]. The first-order valence-electron chi connectivity index (χ1n) is 10.5. The molecule has 0 unspecified atom stereocenters. The van der Waals surface area contributed by atoms with E-state index in [2.05, 4.69) is 0 Å². The maximum absolute atomic E-state index is 10.3. The molecule has 0 saturated heterocycles. The summed E-state index contributed by atoms with van der Waals surface area (Å²) in [5.74, 6) is 0. The molecule has 216 valence electrons. The largest absolute Gasteiger partial charge is 1.00 e. The van der Waals surface area contributed by atoms with Gasteiger partial charge in [-0.05, 0) is 48.5 Å².